The molecule has 1 amide bonds. The van der Waals surface area contributed by atoms with E-state index in [0.717, 1.165) is 17.8 Å². The number of aromatic nitrogens is 3. The molecular weight excluding hydrogens is 385 g/mol. The summed E-state index contributed by atoms with van der Waals surface area (Å²) >= 11 is 6.24. The zero-order valence-corrected chi connectivity index (χ0v) is 14.0. The molecule has 0 aliphatic carbocycles. The number of rotatable bonds is 4. The average Bonchev–Trinajstić information content (AvgIpc) is 2.50. The topological polar surface area (TPSA) is 108 Å². The number of hydrogen-bond donors (Lipinski definition) is 3. The van der Waals surface area contributed by atoms with Crippen molar-refractivity contribution in [1.29, 1.82) is 0 Å². The lowest BCUT2D eigenvalue weighted by atomic mass is 10.2. The van der Waals surface area contributed by atoms with Crippen LogP contribution in [0.4, 0.5) is 18.9 Å². The third-order valence-corrected chi connectivity index (χ3v) is 4.27. The molecule has 134 valence electrons. The first-order valence-electron chi connectivity index (χ1n) is 6.61. The lowest BCUT2D eigenvalue weighted by Crippen LogP contribution is -2.28. The number of aromatic amines is 2. The van der Waals surface area contributed by atoms with Gasteiger partial charge in [-0.1, -0.05) is 23.4 Å². The molecule has 0 aliphatic heterocycles. The highest BCUT2D eigenvalue weighted by Crippen LogP contribution is 2.36. The second kappa shape index (κ2) is 7.31. The molecule has 2 aromatic rings. The molecule has 1 atom stereocenters. The number of hydrogen-bond acceptors (Lipinski definition) is 5. The standard InChI is InChI=1S/C13H10ClF3N4O3S/c1-5(25-11-10(23)19-12(24)21-20-11)9(22)18-6-2-3-8(14)7(4-6)13(15,16)17/h2-5H,1H3,(H,18,22)(H2,19,21,23,24). The molecule has 12 heteroatoms. The Morgan fingerprint density at radius 3 is 2.64 bits per heavy atom. The highest BCUT2D eigenvalue weighted by atomic mass is 35.5. The molecule has 7 nitrogen and oxygen atoms in total. The van der Waals surface area contributed by atoms with E-state index in [1.807, 2.05) is 10.1 Å². The largest absolute Gasteiger partial charge is 0.417 e. The Morgan fingerprint density at radius 2 is 2.04 bits per heavy atom. The average molecular weight is 395 g/mol. The molecule has 25 heavy (non-hydrogen) atoms. The number of benzene rings is 1. The molecule has 1 heterocycles. The number of halogens is 4. The van der Waals surface area contributed by atoms with Crippen molar-refractivity contribution >= 4 is 35.0 Å². The maximum Gasteiger partial charge on any atom is 0.417 e. The summed E-state index contributed by atoms with van der Waals surface area (Å²) in [5, 5.41) is 6.30. The molecule has 1 aromatic carbocycles. The number of alkyl halides is 3. The van der Waals surface area contributed by atoms with Crippen molar-refractivity contribution in [3.63, 3.8) is 0 Å². The smallest absolute Gasteiger partial charge is 0.325 e. The van der Waals surface area contributed by atoms with Crippen LogP contribution in [-0.4, -0.2) is 26.3 Å². The molecular formula is C13H10ClF3N4O3S. The van der Waals surface area contributed by atoms with Crippen molar-refractivity contribution in [1.82, 2.24) is 15.2 Å². The van der Waals surface area contributed by atoms with Crippen LogP contribution in [0.3, 0.4) is 0 Å². The lowest BCUT2D eigenvalue weighted by molar-refractivity contribution is -0.137. The van der Waals surface area contributed by atoms with Gasteiger partial charge in [-0.15, -0.1) is 0 Å². The molecule has 0 aliphatic rings. The van der Waals surface area contributed by atoms with Gasteiger partial charge in [0.15, 0.2) is 5.03 Å². The summed E-state index contributed by atoms with van der Waals surface area (Å²) in [6.45, 7) is 1.42. The van der Waals surface area contributed by atoms with Crippen molar-refractivity contribution in [2.45, 2.75) is 23.4 Å². The molecule has 0 saturated carbocycles. The normalized spacial score (nSPS) is 12.7. The monoisotopic (exact) mass is 394 g/mol. The van der Waals surface area contributed by atoms with Crippen LogP contribution in [0, 0.1) is 0 Å². The Bertz CT molecular complexity index is 912. The Labute approximate surface area is 147 Å². The van der Waals surface area contributed by atoms with Crippen LogP contribution in [0.15, 0.2) is 32.8 Å². The van der Waals surface area contributed by atoms with E-state index in [1.165, 1.54) is 13.0 Å². The summed E-state index contributed by atoms with van der Waals surface area (Å²) in [5.41, 5.74) is -2.75. The molecule has 1 unspecified atom stereocenters. The SMILES string of the molecule is CC(Sc1n[nH]c(=O)[nH]c1=O)C(=O)Nc1ccc(Cl)c(C(F)(F)F)c1. The van der Waals surface area contributed by atoms with Gasteiger partial charge < -0.3 is 5.32 Å². The molecule has 2 rings (SSSR count). The molecule has 3 N–H and O–H groups in total. The van der Waals surface area contributed by atoms with Gasteiger partial charge in [0.2, 0.25) is 5.91 Å². The van der Waals surface area contributed by atoms with Gasteiger partial charge >= 0.3 is 11.9 Å². The van der Waals surface area contributed by atoms with Gasteiger partial charge in [0.05, 0.1) is 15.8 Å². The van der Waals surface area contributed by atoms with Crippen LogP contribution in [-0.2, 0) is 11.0 Å². The first kappa shape index (κ1) is 19.1. The molecule has 0 saturated heterocycles. The fraction of sp³-hybridized carbons (Fsp3) is 0.231. The third-order valence-electron chi connectivity index (χ3n) is 2.88. The van der Waals surface area contributed by atoms with Crippen LogP contribution >= 0.6 is 23.4 Å². The van der Waals surface area contributed by atoms with Crippen LogP contribution in [0.1, 0.15) is 12.5 Å². The first-order valence-corrected chi connectivity index (χ1v) is 7.87. The Morgan fingerprint density at radius 1 is 1.36 bits per heavy atom. The Hall–Kier alpha value is -2.27. The number of anilines is 1. The second-order valence-corrected chi connectivity index (χ2v) is 6.49. The summed E-state index contributed by atoms with van der Waals surface area (Å²) < 4.78 is 38.4. The number of carbonyl (C=O) groups excluding carboxylic acids is 1. The van der Waals surface area contributed by atoms with E-state index in [4.69, 9.17) is 11.6 Å². The van der Waals surface area contributed by atoms with Crippen molar-refractivity contribution in [3.8, 4) is 0 Å². The predicted molar refractivity (Wildman–Crippen MR) is 85.9 cm³/mol. The van der Waals surface area contributed by atoms with Crippen LogP contribution in [0.2, 0.25) is 5.02 Å². The van der Waals surface area contributed by atoms with Crippen molar-refractivity contribution in [3.05, 3.63) is 49.6 Å². The van der Waals surface area contributed by atoms with Gasteiger partial charge in [0.25, 0.3) is 5.56 Å². The first-order chi connectivity index (χ1) is 11.6. The van der Waals surface area contributed by atoms with Gasteiger partial charge in [-0.25, -0.2) is 9.89 Å². The summed E-state index contributed by atoms with van der Waals surface area (Å²) in [6, 6.07) is 2.95. The van der Waals surface area contributed by atoms with Crippen LogP contribution in [0.25, 0.3) is 0 Å². The maximum atomic E-state index is 12.8. The minimum atomic E-state index is -4.66. The van der Waals surface area contributed by atoms with Gasteiger partial charge in [-0.3, -0.25) is 14.6 Å². The van der Waals surface area contributed by atoms with Gasteiger partial charge in [-0.05, 0) is 25.1 Å². The maximum absolute atomic E-state index is 12.8. The number of amides is 1. The highest BCUT2D eigenvalue weighted by Gasteiger charge is 2.33. The van der Waals surface area contributed by atoms with E-state index in [9.17, 15) is 27.6 Å². The number of thioether (sulfide) groups is 1. The minimum absolute atomic E-state index is 0.0995. The summed E-state index contributed by atoms with van der Waals surface area (Å²) in [4.78, 5) is 36.4. The van der Waals surface area contributed by atoms with Crippen molar-refractivity contribution in [2.24, 2.45) is 0 Å². The zero-order valence-electron chi connectivity index (χ0n) is 12.4. The van der Waals surface area contributed by atoms with Gasteiger partial charge in [0, 0.05) is 5.69 Å². The van der Waals surface area contributed by atoms with Gasteiger partial charge in [-0.2, -0.15) is 18.3 Å². The second-order valence-electron chi connectivity index (χ2n) is 4.75. The number of nitrogens with zero attached hydrogens (tertiary/aromatic N) is 1. The zero-order chi connectivity index (χ0) is 18.8. The highest BCUT2D eigenvalue weighted by molar-refractivity contribution is 8.00. The lowest BCUT2D eigenvalue weighted by Gasteiger charge is -2.14. The van der Waals surface area contributed by atoms with Crippen molar-refractivity contribution < 1.29 is 18.0 Å². The predicted octanol–water partition coefficient (Wildman–Crippen LogP) is 2.25. The molecule has 1 aromatic heterocycles. The summed E-state index contributed by atoms with van der Waals surface area (Å²) in [6.07, 6.45) is -4.66. The van der Waals surface area contributed by atoms with E-state index in [1.54, 1.807) is 0 Å². The molecule has 0 fully saturated rings. The van der Waals surface area contributed by atoms with E-state index in [0.29, 0.717) is 6.07 Å². The Kier molecular flexibility index (Phi) is 5.58. The fourth-order valence-corrected chi connectivity index (χ4v) is 2.68. The van der Waals surface area contributed by atoms with Crippen LogP contribution < -0.4 is 16.6 Å². The van der Waals surface area contributed by atoms with Crippen LogP contribution in [0.5, 0.6) is 0 Å². The third kappa shape index (κ3) is 4.86. The van der Waals surface area contributed by atoms with E-state index in [-0.39, 0.29) is 10.7 Å². The summed E-state index contributed by atoms with van der Waals surface area (Å²) in [7, 11) is 0. The van der Waals surface area contributed by atoms with E-state index in [2.05, 4.69) is 10.4 Å². The Balaban J connectivity index is 2.14. The van der Waals surface area contributed by atoms with E-state index < -0.39 is 39.2 Å². The number of nitrogens with one attached hydrogen (secondary N) is 3. The van der Waals surface area contributed by atoms with Crippen molar-refractivity contribution in [2.75, 3.05) is 5.32 Å². The molecule has 0 bridgehead atoms. The molecule has 0 spiro atoms. The number of H-pyrrole nitrogens is 2. The molecule has 0 radical (unpaired) electrons. The fourth-order valence-electron chi connectivity index (χ4n) is 1.70. The quantitative estimate of drug-likeness (QED) is 0.689. The summed E-state index contributed by atoms with van der Waals surface area (Å²) in [5.74, 6) is -0.659. The minimum Gasteiger partial charge on any atom is -0.325 e. The van der Waals surface area contributed by atoms with E-state index >= 15 is 0 Å². The number of carbonyl (C=O) groups is 1. The van der Waals surface area contributed by atoms with Gasteiger partial charge in [0.1, 0.15) is 0 Å².